The Hall–Kier alpha value is -2.08. The minimum atomic E-state index is -0.217. The van der Waals surface area contributed by atoms with Crippen LogP contribution in [0.25, 0.3) is 11.5 Å². The zero-order valence-corrected chi connectivity index (χ0v) is 11.2. The summed E-state index contributed by atoms with van der Waals surface area (Å²) in [6, 6.07) is 3.49. The van der Waals surface area contributed by atoms with Gasteiger partial charge in [0.2, 0.25) is 0 Å². The fourth-order valence-corrected chi connectivity index (χ4v) is 2.32. The van der Waals surface area contributed by atoms with Crippen LogP contribution in [0.15, 0.2) is 27.3 Å². The third-order valence-corrected chi connectivity index (χ3v) is 3.36. The SMILES string of the molecule is Cc1onc(-c2ccco2)c1C(=O)NCC1CCCO1. The number of carbonyl (C=O) groups excluding carboxylic acids is 1. The van der Waals surface area contributed by atoms with E-state index in [0.29, 0.717) is 29.3 Å². The number of aryl methyl sites for hydroxylation is 1. The maximum absolute atomic E-state index is 12.3. The predicted octanol–water partition coefficient (Wildman–Crippen LogP) is 2.15. The predicted molar refractivity (Wildman–Crippen MR) is 70.2 cm³/mol. The molecule has 6 heteroatoms. The molecule has 1 saturated heterocycles. The van der Waals surface area contributed by atoms with Crippen LogP contribution in [0, 0.1) is 6.92 Å². The minimum absolute atomic E-state index is 0.103. The lowest BCUT2D eigenvalue weighted by Crippen LogP contribution is -2.32. The van der Waals surface area contributed by atoms with Crippen molar-refractivity contribution in [1.29, 1.82) is 0 Å². The number of carbonyl (C=O) groups is 1. The molecule has 6 nitrogen and oxygen atoms in total. The van der Waals surface area contributed by atoms with E-state index >= 15 is 0 Å². The number of furan rings is 1. The number of aromatic nitrogens is 1. The summed E-state index contributed by atoms with van der Waals surface area (Å²) in [5.41, 5.74) is 0.843. The number of rotatable bonds is 4. The van der Waals surface area contributed by atoms with Crippen LogP contribution in [0.2, 0.25) is 0 Å². The van der Waals surface area contributed by atoms with Gasteiger partial charge >= 0.3 is 0 Å². The highest BCUT2D eigenvalue weighted by Crippen LogP contribution is 2.25. The van der Waals surface area contributed by atoms with Gasteiger partial charge in [-0.05, 0) is 31.9 Å². The standard InChI is InChI=1S/C14H16N2O4/c1-9-12(13(16-20-9)11-5-3-7-19-11)14(17)15-8-10-4-2-6-18-10/h3,5,7,10H,2,4,6,8H2,1H3,(H,15,17). The van der Waals surface area contributed by atoms with Crippen LogP contribution < -0.4 is 5.32 Å². The summed E-state index contributed by atoms with van der Waals surface area (Å²) >= 11 is 0. The molecular formula is C14H16N2O4. The van der Waals surface area contributed by atoms with Crippen LogP contribution in [0.5, 0.6) is 0 Å². The molecule has 0 saturated carbocycles. The number of nitrogens with one attached hydrogen (secondary N) is 1. The van der Waals surface area contributed by atoms with Crippen LogP contribution in [0.1, 0.15) is 29.0 Å². The van der Waals surface area contributed by atoms with E-state index < -0.39 is 0 Å². The van der Waals surface area contributed by atoms with Crippen LogP contribution in [-0.4, -0.2) is 30.3 Å². The quantitative estimate of drug-likeness (QED) is 0.925. The number of hydrogen-bond acceptors (Lipinski definition) is 5. The van der Waals surface area contributed by atoms with Crippen molar-refractivity contribution in [2.24, 2.45) is 0 Å². The average Bonchev–Trinajstić information content (AvgIpc) is 3.17. The summed E-state index contributed by atoms with van der Waals surface area (Å²) in [4.78, 5) is 12.3. The Bertz CT molecular complexity index is 582. The van der Waals surface area contributed by atoms with Crippen molar-refractivity contribution in [2.45, 2.75) is 25.9 Å². The molecule has 1 fully saturated rings. The lowest BCUT2D eigenvalue weighted by atomic mass is 10.1. The Balaban J connectivity index is 1.75. The summed E-state index contributed by atoms with van der Waals surface area (Å²) in [5, 5.41) is 6.76. The van der Waals surface area contributed by atoms with E-state index in [1.165, 1.54) is 6.26 Å². The van der Waals surface area contributed by atoms with Crippen molar-refractivity contribution in [3.05, 3.63) is 29.7 Å². The van der Waals surface area contributed by atoms with Crippen LogP contribution in [0.3, 0.4) is 0 Å². The van der Waals surface area contributed by atoms with E-state index in [2.05, 4.69) is 10.5 Å². The largest absolute Gasteiger partial charge is 0.463 e. The van der Waals surface area contributed by atoms with Crippen LogP contribution in [-0.2, 0) is 4.74 Å². The van der Waals surface area contributed by atoms with Gasteiger partial charge in [-0.1, -0.05) is 5.16 Å². The van der Waals surface area contributed by atoms with E-state index in [1.54, 1.807) is 19.1 Å². The van der Waals surface area contributed by atoms with Gasteiger partial charge in [0, 0.05) is 13.2 Å². The minimum Gasteiger partial charge on any atom is -0.463 e. The number of amides is 1. The Morgan fingerprint density at radius 1 is 1.55 bits per heavy atom. The number of nitrogens with zero attached hydrogens (tertiary/aromatic N) is 1. The molecular weight excluding hydrogens is 260 g/mol. The van der Waals surface area contributed by atoms with Crippen LogP contribution >= 0.6 is 0 Å². The van der Waals surface area contributed by atoms with E-state index in [0.717, 1.165) is 19.4 Å². The van der Waals surface area contributed by atoms with E-state index in [-0.39, 0.29) is 12.0 Å². The molecule has 0 radical (unpaired) electrons. The molecule has 2 aromatic rings. The first-order valence-electron chi connectivity index (χ1n) is 6.65. The molecule has 1 unspecified atom stereocenters. The van der Waals surface area contributed by atoms with Crippen molar-refractivity contribution in [2.75, 3.05) is 13.2 Å². The smallest absolute Gasteiger partial charge is 0.257 e. The van der Waals surface area contributed by atoms with Crippen molar-refractivity contribution < 1.29 is 18.5 Å². The lowest BCUT2D eigenvalue weighted by Gasteiger charge is -2.10. The molecule has 106 valence electrons. The van der Waals surface area contributed by atoms with Gasteiger partial charge in [-0.15, -0.1) is 0 Å². The van der Waals surface area contributed by atoms with E-state index in [4.69, 9.17) is 13.7 Å². The summed E-state index contributed by atoms with van der Waals surface area (Å²) in [7, 11) is 0. The molecule has 20 heavy (non-hydrogen) atoms. The maximum atomic E-state index is 12.3. The topological polar surface area (TPSA) is 77.5 Å². The Morgan fingerprint density at radius 3 is 3.15 bits per heavy atom. The first-order chi connectivity index (χ1) is 9.75. The zero-order valence-electron chi connectivity index (χ0n) is 11.2. The van der Waals surface area contributed by atoms with Gasteiger partial charge < -0.3 is 19.0 Å². The molecule has 1 atom stereocenters. The molecule has 0 spiro atoms. The second kappa shape index (κ2) is 5.50. The van der Waals surface area contributed by atoms with Gasteiger partial charge in [-0.25, -0.2) is 0 Å². The van der Waals surface area contributed by atoms with Gasteiger partial charge in [-0.2, -0.15) is 0 Å². The molecule has 3 heterocycles. The molecule has 3 rings (SSSR count). The fourth-order valence-electron chi connectivity index (χ4n) is 2.32. The van der Waals surface area contributed by atoms with Gasteiger partial charge in [0.25, 0.3) is 5.91 Å². The second-order valence-electron chi connectivity index (χ2n) is 4.78. The third kappa shape index (κ3) is 2.46. The van der Waals surface area contributed by atoms with Crippen molar-refractivity contribution in [1.82, 2.24) is 10.5 Å². The molecule has 1 aliphatic rings. The normalized spacial score (nSPS) is 18.4. The highest BCUT2D eigenvalue weighted by molar-refractivity contribution is 6.00. The highest BCUT2D eigenvalue weighted by Gasteiger charge is 2.24. The molecule has 2 aromatic heterocycles. The average molecular weight is 276 g/mol. The number of hydrogen-bond donors (Lipinski definition) is 1. The van der Waals surface area contributed by atoms with Gasteiger partial charge in [0.05, 0.1) is 12.4 Å². The molecule has 0 bridgehead atoms. The Kier molecular flexibility index (Phi) is 3.56. The Morgan fingerprint density at radius 2 is 2.45 bits per heavy atom. The first kappa shape index (κ1) is 12.9. The first-order valence-corrected chi connectivity index (χ1v) is 6.65. The van der Waals surface area contributed by atoms with E-state index in [9.17, 15) is 4.79 Å². The summed E-state index contributed by atoms with van der Waals surface area (Å²) in [6.45, 7) is 2.98. The molecule has 1 N–H and O–H groups in total. The summed E-state index contributed by atoms with van der Waals surface area (Å²) < 4.78 is 15.9. The molecule has 0 aliphatic carbocycles. The lowest BCUT2D eigenvalue weighted by molar-refractivity contribution is 0.0857. The van der Waals surface area contributed by atoms with Gasteiger partial charge in [0.1, 0.15) is 11.3 Å². The van der Waals surface area contributed by atoms with Crippen molar-refractivity contribution in [3.8, 4) is 11.5 Å². The van der Waals surface area contributed by atoms with Gasteiger partial charge in [-0.3, -0.25) is 4.79 Å². The summed E-state index contributed by atoms with van der Waals surface area (Å²) in [6.07, 6.45) is 3.66. The molecule has 0 aromatic carbocycles. The van der Waals surface area contributed by atoms with E-state index in [1.807, 2.05) is 0 Å². The summed E-state index contributed by atoms with van der Waals surface area (Å²) in [5.74, 6) is 0.774. The molecule has 1 aliphatic heterocycles. The van der Waals surface area contributed by atoms with Crippen molar-refractivity contribution >= 4 is 5.91 Å². The Labute approximate surface area is 116 Å². The zero-order chi connectivity index (χ0) is 13.9. The monoisotopic (exact) mass is 276 g/mol. The van der Waals surface area contributed by atoms with Crippen molar-refractivity contribution in [3.63, 3.8) is 0 Å². The fraction of sp³-hybridized carbons (Fsp3) is 0.429. The third-order valence-electron chi connectivity index (χ3n) is 3.36. The highest BCUT2D eigenvalue weighted by atomic mass is 16.5. The number of ether oxygens (including phenoxy) is 1. The van der Waals surface area contributed by atoms with Gasteiger partial charge in [0.15, 0.2) is 11.5 Å². The maximum Gasteiger partial charge on any atom is 0.257 e. The van der Waals surface area contributed by atoms with Crippen LogP contribution in [0.4, 0.5) is 0 Å². The second-order valence-corrected chi connectivity index (χ2v) is 4.78. The molecule has 1 amide bonds.